The zero-order chi connectivity index (χ0) is 13.8. The normalized spacial score (nSPS) is 29.2. The van der Waals surface area contributed by atoms with Crippen LogP contribution in [0.15, 0.2) is 0 Å². The van der Waals surface area contributed by atoms with Crippen LogP contribution in [0.4, 0.5) is 0 Å². The third-order valence-electron chi connectivity index (χ3n) is 3.74. The van der Waals surface area contributed by atoms with Crippen molar-refractivity contribution in [3.05, 3.63) is 0 Å². The van der Waals surface area contributed by atoms with E-state index in [1.54, 1.807) is 0 Å². The number of hydrogen-bond acceptors (Lipinski definition) is 4. The monoisotopic (exact) mass is 275 g/mol. The number of hydrogen-bond donors (Lipinski definition) is 1. The van der Waals surface area contributed by atoms with Crippen molar-refractivity contribution in [3.8, 4) is 0 Å². The molecule has 4 nitrogen and oxygen atoms in total. The highest BCUT2D eigenvalue weighted by Gasteiger charge is 2.37. The zero-order valence-corrected chi connectivity index (χ0v) is 12.3. The van der Waals surface area contributed by atoms with Gasteiger partial charge in [0.2, 0.25) is 0 Å². The minimum Gasteiger partial charge on any atom is -0.319 e. The molecule has 1 aliphatic rings. The fourth-order valence-corrected chi connectivity index (χ4v) is 4.08. The first-order chi connectivity index (χ1) is 8.29. The van der Waals surface area contributed by atoms with E-state index in [1.807, 2.05) is 6.92 Å². The second-order valence-corrected chi connectivity index (χ2v) is 7.99. The summed E-state index contributed by atoms with van der Waals surface area (Å²) in [5.41, 5.74) is 5.37. The number of sulfone groups is 1. The lowest BCUT2D eigenvalue weighted by Crippen LogP contribution is -2.51. The molecule has 1 fully saturated rings. The average molecular weight is 275 g/mol. The maximum Gasteiger partial charge on any atom is 0.153 e. The molecule has 0 aliphatic heterocycles. The lowest BCUT2D eigenvalue weighted by molar-refractivity contribution is -0.125. The van der Waals surface area contributed by atoms with Crippen LogP contribution in [0.1, 0.15) is 52.4 Å². The van der Waals surface area contributed by atoms with Crippen molar-refractivity contribution in [2.24, 2.45) is 11.7 Å². The maximum atomic E-state index is 12.1. The van der Waals surface area contributed by atoms with Gasteiger partial charge in [0.1, 0.15) is 0 Å². The molecule has 1 aliphatic carbocycles. The fraction of sp³-hybridized carbons (Fsp3) is 0.923. The van der Waals surface area contributed by atoms with Gasteiger partial charge in [-0.25, -0.2) is 8.42 Å². The summed E-state index contributed by atoms with van der Waals surface area (Å²) in [6.45, 7) is 3.93. The largest absolute Gasteiger partial charge is 0.319 e. The molecule has 1 saturated carbocycles. The summed E-state index contributed by atoms with van der Waals surface area (Å²) in [4.78, 5) is 12.1. The molecule has 106 valence electrons. The van der Waals surface area contributed by atoms with Crippen LogP contribution in [-0.2, 0) is 14.6 Å². The minimum absolute atomic E-state index is 0.0486. The zero-order valence-electron chi connectivity index (χ0n) is 11.4. The van der Waals surface area contributed by atoms with Crippen LogP contribution in [0.2, 0.25) is 0 Å². The standard InChI is InChI=1S/C13H25NO3S/c1-3-8-18(16,17)9-6-12(15)13(14)7-4-5-11(2)10-13/h11H,3-10,14H2,1-2H3. The summed E-state index contributed by atoms with van der Waals surface area (Å²) >= 11 is 0. The van der Waals surface area contributed by atoms with Gasteiger partial charge in [0, 0.05) is 12.2 Å². The molecule has 0 heterocycles. The minimum atomic E-state index is -3.08. The highest BCUT2D eigenvalue weighted by Crippen LogP contribution is 2.31. The first-order valence-electron chi connectivity index (χ1n) is 6.82. The molecule has 18 heavy (non-hydrogen) atoms. The second kappa shape index (κ2) is 6.15. The Balaban J connectivity index is 2.55. The quantitative estimate of drug-likeness (QED) is 0.800. The number of rotatable bonds is 6. The van der Waals surface area contributed by atoms with E-state index in [2.05, 4.69) is 6.92 Å². The van der Waals surface area contributed by atoms with Gasteiger partial charge in [0.15, 0.2) is 15.6 Å². The molecule has 0 aromatic heterocycles. The molecule has 2 atom stereocenters. The van der Waals surface area contributed by atoms with Crippen molar-refractivity contribution in [1.29, 1.82) is 0 Å². The number of carbonyl (C=O) groups excluding carboxylic acids is 1. The molecule has 0 spiro atoms. The molecular weight excluding hydrogens is 250 g/mol. The van der Waals surface area contributed by atoms with Crippen LogP contribution in [0.25, 0.3) is 0 Å². The van der Waals surface area contributed by atoms with E-state index in [0.717, 1.165) is 12.8 Å². The highest BCUT2D eigenvalue weighted by molar-refractivity contribution is 7.91. The molecule has 0 aromatic rings. The Morgan fingerprint density at radius 3 is 2.61 bits per heavy atom. The lowest BCUT2D eigenvalue weighted by Gasteiger charge is -2.35. The van der Waals surface area contributed by atoms with Gasteiger partial charge < -0.3 is 5.73 Å². The molecule has 2 unspecified atom stereocenters. The third-order valence-corrected chi connectivity index (χ3v) is 5.60. The van der Waals surface area contributed by atoms with Crippen molar-refractivity contribution in [1.82, 2.24) is 0 Å². The van der Waals surface area contributed by atoms with E-state index >= 15 is 0 Å². The van der Waals surface area contributed by atoms with E-state index < -0.39 is 15.4 Å². The first kappa shape index (κ1) is 15.6. The van der Waals surface area contributed by atoms with Crippen molar-refractivity contribution in [2.45, 2.75) is 57.9 Å². The Hall–Kier alpha value is -0.420. The van der Waals surface area contributed by atoms with Gasteiger partial charge in [-0.15, -0.1) is 0 Å². The van der Waals surface area contributed by atoms with Crippen molar-refractivity contribution >= 4 is 15.6 Å². The average Bonchev–Trinajstić information content (AvgIpc) is 2.25. The number of Topliss-reactive ketones (excluding diaryl/α,β-unsaturated/α-hetero) is 1. The van der Waals surface area contributed by atoms with Gasteiger partial charge >= 0.3 is 0 Å². The third kappa shape index (κ3) is 4.35. The molecule has 0 radical (unpaired) electrons. The van der Waals surface area contributed by atoms with Crippen LogP contribution in [0.5, 0.6) is 0 Å². The van der Waals surface area contributed by atoms with Gasteiger partial charge in [-0.2, -0.15) is 0 Å². The Morgan fingerprint density at radius 2 is 2.06 bits per heavy atom. The summed E-state index contributed by atoms with van der Waals surface area (Å²) in [6, 6.07) is 0. The highest BCUT2D eigenvalue weighted by atomic mass is 32.2. The number of ketones is 1. The van der Waals surface area contributed by atoms with Crippen LogP contribution in [0, 0.1) is 5.92 Å². The van der Waals surface area contributed by atoms with E-state index in [1.165, 1.54) is 0 Å². The Kier molecular flexibility index (Phi) is 5.34. The fourth-order valence-electron chi connectivity index (χ4n) is 2.76. The number of nitrogens with two attached hydrogens (primary N) is 1. The molecule has 0 amide bonds. The summed E-state index contributed by atoms with van der Waals surface area (Å²) in [7, 11) is -3.08. The van der Waals surface area contributed by atoms with Crippen LogP contribution < -0.4 is 5.73 Å². The van der Waals surface area contributed by atoms with E-state index in [9.17, 15) is 13.2 Å². The Bertz CT molecular complexity index is 391. The van der Waals surface area contributed by atoms with Crippen LogP contribution in [0.3, 0.4) is 0 Å². The predicted octanol–water partition coefficient (Wildman–Crippen LogP) is 1.68. The van der Waals surface area contributed by atoms with Gasteiger partial charge in [0.05, 0.1) is 11.3 Å². The smallest absolute Gasteiger partial charge is 0.153 e. The first-order valence-corrected chi connectivity index (χ1v) is 8.64. The molecule has 1 rings (SSSR count). The molecule has 2 N–H and O–H groups in total. The van der Waals surface area contributed by atoms with Crippen LogP contribution >= 0.6 is 0 Å². The summed E-state index contributed by atoms with van der Waals surface area (Å²) in [5, 5.41) is 0. The summed E-state index contributed by atoms with van der Waals surface area (Å²) < 4.78 is 23.2. The van der Waals surface area contributed by atoms with Crippen LogP contribution in [-0.4, -0.2) is 31.2 Å². The topological polar surface area (TPSA) is 77.2 Å². The van der Waals surface area contributed by atoms with E-state index in [-0.39, 0.29) is 23.7 Å². The van der Waals surface area contributed by atoms with Crippen molar-refractivity contribution in [3.63, 3.8) is 0 Å². The SMILES string of the molecule is CCCS(=O)(=O)CCC(=O)C1(N)CCCC(C)C1. The molecule has 5 heteroatoms. The maximum absolute atomic E-state index is 12.1. The van der Waals surface area contributed by atoms with Crippen molar-refractivity contribution in [2.75, 3.05) is 11.5 Å². The Labute approximate surface area is 110 Å². The summed E-state index contributed by atoms with van der Waals surface area (Å²) in [5.74, 6) is 0.495. The van der Waals surface area contributed by atoms with Gasteiger partial charge in [-0.3, -0.25) is 4.79 Å². The lowest BCUT2D eigenvalue weighted by atomic mass is 9.74. The molecule has 0 bridgehead atoms. The second-order valence-electron chi connectivity index (χ2n) is 5.68. The Morgan fingerprint density at radius 1 is 1.39 bits per heavy atom. The summed E-state index contributed by atoms with van der Waals surface area (Å²) in [6.07, 6.45) is 4.14. The molecular formula is C13H25NO3S. The van der Waals surface area contributed by atoms with Gasteiger partial charge in [-0.1, -0.05) is 26.7 Å². The van der Waals surface area contributed by atoms with Crippen molar-refractivity contribution < 1.29 is 13.2 Å². The van der Waals surface area contributed by atoms with Gasteiger partial charge in [-0.05, 0) is 25.2 Å². The molecule has 0 saturated heterocycles. The van der Waals surface area contributed by atoms with Gasteiger partial charge in [0.25, 0.3) is 0 Å². The molecule has 0 aromatic carbocycles. The van der Waals surface area contributed by atoms with E-state index in [4.69, 9.17) is 5.73 Å². The predicted molar refractivity (Wildman–Crippen MR) is 73.1 cm³/mol. The van der Waals surface area contributed by atoms with E-state index in [0.29, 0.717) is 25.2 Å². The number of carbonyl (C=O) groups is 1.